The molecule has 1 aliphatic rings. The van der Waals surface area contributed by atoms with Gasteiger partial charge in [-0.2, -0.15) is 0 Å². The molecular weight excluding hydrogens is 170 g/mol. The number of esters is 1. The third-order valence-corrected chi connectivity index (χ3v) is 2.06. The topological polar surface area (TPSA) is 55.4 Å². The van der Waals surface area contributed by atoms with Crippen molar-refractivity contribution in [1.82, 2.24) is 5.32 Å². The smallest absolute Gasteiger partial charge is 0.319 e. The van der Waals surface area contributed by atoms with Gasteiger partial charge in [0.05, 0.1) is 6.10 Å². The molecule has 0 aliphatic carbocycles. The molecule has 0 aromatic carbocycles. The summed E-state index contributed by atoms with van der Waals surface area (Å²) in [7, 11) is 0. The van der Waals surface area contributed by atoms with Crippen LogP contribution < -0.4 is 5.32 Å². The molecule has 74 valence electrons. The fourth-order valence-corrected chi connectivity index (χ4v) is 1.39. The molecule has 1 saturated heterocycles. The molecule has 0 aromatic rings. The van der Waals surface area contributed by atoms with Crippen LogP contribution in [0.1, 0.15) is 20.8 Å². The highest BCUT2D eigenvalue weighted by Crippen LogP contribution is 2.19. The molecule has 0 aromatic heterocycles. The minimum atomic E-state index is -0.609. The van der Waals surface area contributed by atoms with Crippen LogP contribution in [0.5, 0.6) is 0 Å². The maximum absolute atomic E-state index is 11.4. The predicted molar refractivity (Wildman–Crippen MR) is 46.9 cm³/mol. The number of rotatable bonds is 2. The summed E-state index contributed by atoms with van der Waals surface area (Å²) in [5.74, 6) is -1.18. The van der Waals surface area contributed by atoms with Crippen molar-refractivity contribution < 1.29 is 14.3 Å². The maximum Gasteiger partial charge on any atom is 0.319 e. The Bertz CT molecular complexity index is 225. The SMILES string of the molecule is CC(C)OC(=O)C1C(=O)NCC1C. The molecule has 1 aliphatic heterocycles. The van der Waals surface area contributed by atoms with Crippen molar-refractivity contribution in [2.45, 2.75) is 26.9 Å². The van der Waals surface area contributed by atoms with E-state index in [1.165, 1.54) is 0 Å². The van der Waals surface area contributed by atoms with Gasteiger partial charge in [0, 0.05) is 6.54 Å². The van der Waals surface area contributed by atoms with Crippen molar-refractivity contribution in [3.63, 3.8) is 0 Å². The van der Waals surface area contributed by atoms with E-state index in [1.54, 1.807) is 13.8 Å². The average molecular weight is 185 g/mol. The van der Waals surface area contributed by atoms with E-state index >= 15 is 0 Å². The van der Waals surface area contributed by atoms with Crippen molar-refractivity contribution in [3.8, 4) is 0 Å². The zero-order chi connectivity index (χ0) is 10.0. The molecule has 1 fully saturated rings. The molecule has 4 nitrogen and oxygen atoms in total. The van der Waals surface area contributed by atoms with Gasteiger partial charge in [-0.15, -0.1) is 0 Å². The molecule has 0 radical (unpaired) electrons. The highest BCUT2D eigenvalue weighted by molar-refractivity contribution is 5.99. The number of carbonyl (C=O) groups is 2. The fourth-order valence-electron chi connectivity index (χ4n) is 1.39. The molecule has 2 atom stereocenters. The molecule has 0 saturated carbocycles. The lowest BCUT2D eigenvalue weighted by Crippen LogP contribution is -2.30. The van der Waals surface area contributed by atoms with Gasteiger partial charge in [-0.05, 0) is 19.8 Å². The summed E-state index contributed by atoms with van der Waals surface area (Å²) in [6.07, 6.45) is -0.159. The second kappa shape index (κ2) is 3.77. The van der Waals surface area contributed by atoms with Crippen LogP contribution in [0.2, 0.25) is 0 Å². The zero-order valence-electron chi connectivity index (χ0n) is 8.16. The lowest BCUT2D eigenvalue weighted by molar-refractivity contribution is -0.155. The van der Waals surface area contributed by atoms with Crippen molar-refractivity contribution in [1.29, 1.82) is 0 Å². The van der Waals surface area contributed by atoms with Gasteiger partial charge in [-0.25, -0.2) is 0 Å². The van der Waals surface area contributed by atoms with Gasteiger partial charge in [0.2, 0.25) is 5.91 Å². The molecule has 1 rings (SSSR count). The Morgan fingerprint density at radius 2 is 2.23 bits per heavy atom. The quantitative estimate of drug-likeness (QED) is 0.498. The van der Waals surface area contributed by atoms with Gasteiger partial charge in [-0.3, -0.25) is 9.59 Å². The fraction of sp³-hybridized carbons (Fsp3) is 0.778. The van der Waals surface area contributed by atoms with Crippen molar-refractivity contribution >= 4 is 11.9 Å². The van der Waals surface area contributed by atoms with Crippen LogP contribution >= 0.6 is 0 Å². The second-order valence-electron chi connectivity index (χ2n) is 3.69. The number of ether oxygens (including phenoxy) is 1. The van der Waals surface area contributed by atoms with Gasteiger partial charge in [0.1, 0.15) is 5.92 Å². The molecule has 4 heteroatoms. The number of carbonyl (C=O) groups excluding carboxylic acids is 2. The highest BCUT2D eigenvalue weighted by atomic mass is 16.5. The average Bonchev–Trinajstić information content (AvgIpc) is 2.29. The van der Waals surface area contributed by atoms with Crippen molar-refractivity contribution in [3.05, 3.63) is 0 Å². The Hall–Kier alpha value is -1.06. The number of hydrogen-bond donors (Lipinski definition) is 1. The van der Waals surface area contributed by atoms with Gasteiger partial charge in [0.15, 0.2) is 0 Å². The molecule has 1 N–H and O–H groups in total. The van der Waals surface area contributed by atoms with Gasteiger partial charge in [-0.1, -0.05) is 6.92 Å². The van der Waals surface area contributed by atoms with E-state index in [0.717, 1.165) is 0 Å². The van der Waals surface area contributed by atoms with Gasteiger partial charge < -0.3 is 10.1 Å². The Kier molecular flexibility index (Phi) is 2.90. The summed E-state index contributed by atoms with van der Waals surface area (Å²) in [6.45, 7) is 5.98. The summed E-state index contributed by atoms with van der Waals surface area (Å²) in [4.78, 5) is 22.6. The molecule has 13 heavy (non-hydrogen) atoms. The molecule has 0 bridgehead atoms. The Morgan fingerprint density at radius 3 is 2.62 bits per heavy atom. The normalized spacial score (nSPS) is 27.5. The summed E-state index contributed by atoms with van der Waals surface area (Å²) in [5, 5.41) is 2.63. The van der Waals surface area contributed by atoms with Crippen LogP contribution in [-0.2, 0) is 14.3 Å². The van der Waals surface area contributed by atoms with E-state index in [0.29, 0.717) is 6.54 Å². The first-order chi connectivity index (χ1) is 6.02. The maximum atomic E-state index is 11.4. The molecule has 2 unspecified atom stereocenters. The van der Waals surface area contributed by atoms with E-state index in [2.05, 4.69) is 5.32 Å². The first-order valence-electron chi connectivity index (χ1n) is 4.50. The van der Waals surface area contributed by atoms with Gasteiger partial charge >= 0.3 is 5.97 Å². The largest absolute Gasteiger partial charge is 0.462 e. The monoisotopic (exact) mass is 185 g/mol. The molecule has 1 heterocycles. The van der Waals surface area contributed by atoms with E-state index in [9.17, 15) is 9.59 Å². The number of amides is 1. The Balaban J connectivity index is 2.59. The Labute approximate surface area is 77.6 Å². The van der Waals surface area contributed by atoms with Crippen LogP contribution in [0, 0.1) is 11.8 Å². The zero-order valence-corrected chi connectivity index (χ0v) is 8.16. The van der Waals surface area contributed by atoms with Crippen molar-refractivity contribution in [2.24, 2.45) is 11.8 Å². The Morgan fingerprint density at radius 1 is 1.62 bits per heavy atom. The van der Waals surface area contributed by atoms with Crippen molar-refractivity contribution in [2.75, 3.05) is 6.54 Å². The lowest BCUT2D eigenvalue weighted by atomic mass is 9.98. The highest BCUT2D eigenvalue weighted by Gasteiger charge is 2.38. The van der Waals surface area contributed by atoms with E-state index in [1.807, 2.05) is 6.92 Å². The number of nitrogens with one attached hydrogen (secondary N) is 1. The predicted octanol–water partition coefficient (Wildman–Crippen LogP) is 0.320. The van der Waals surface area contributed by atoms with Crippen LogP contribution in [0.4, 0.5) is 0 Å². The molecule has 1 amide bonds. The third-order valence-electron chi connectivity index (χ3n) is 2.06. The first-order valence-corrected chi connectivity index (χ1v) is 4.50. The van der Waals surface area contributed by atoms with E-state index in [4.69, 9.17) is 4.74 Å². The van der Waals surface area contributed by atoms with E-state index < -0.39 is 11.9 Å². The van der Waals surface area contributed by atoms with Crippen LogP contribution in [0.3, 0.4) is 0 Å². The second-order valence-corrected chi connectivity index (χ2v) is 3.69. The molecular formula is C9H15NO3. The third kappa shape index (κ3) is 2.20. The van der Waals surface area contributed by atoms with Gasteiger partial charge in [0.25, 0.3) is 0 Å². The van der Waals surface area contributed by atoms with Crippen LogP contribution in [0.15, 0.2) is 0 Å². The summed E-state index contributed by atoms with van der Waals surface area (Å²) in [6, 6.07) is 0. The van der Waals surface area contributed by atoms with Crippen LogP contribution in [0.25, 0.3) is 0 Å². The summed E-state index contributed by atoms with van der Waals surface area (Å²) < 4.78 is 4.98. The van der Waals surface area contributed by atoms with Crippen LogP contribution in [-0.4, -0.2) is 24.5 Å². The minimum absolute atomic E-state index is 0.0405. The van der Waals surface area contributed by atoms with E-state index in [-0.39, 0.29) is 17.9 Å². The standard InChI is InChI=1S/C9H15NO3/c1-5(2)13-9(12)7-6(3)4-10-8(7)11/h5-7H,4H2,1-3H3,(H,10,11). The summed E-state index contributed by atoms with van der Waals surface area (Å²) >= 11 is 0. The lowest BCUT2D eigenvalue weighted by Gasteiger charge is -2.13. The first kappa shape index (κ1) is 10.0. The minimum Gasteiger partial charge on any atom is -0.462 e. The summed E-state index contributed by atoms with van der Waals surface area (Å²) in [5.41, 5.74) is 0. The number of hydrogen-bond acceptors (Lipinski definition) is 3. The molecule has 0 spiro atoms.